The van der Waals surface area contributed by atoms with Crippen LogP contribution in [0.4, 0.5) is 0 Å². The smallest absolute Gasteiger partial charge is 0.193 e. The lowest BCUT2D eigenvalue weighted by Crippen LogP contribution is -2.00. The lowest BCUT2D eigenvalue weighted by atomic mass is 10.1. The third kappa shape index (κ3) is 3.91. The minimum absolute atomic E-state index is 0. The van der Waals surface area contributed by atoms with Crippen LogP contribution >= 0.6 is 12.4 Å². The molecule has 0 radical (unpaired) electrons. The van der Waals surface area contributed by atoms with Gasteiger partial charge in [-0.25, -0.2) is 4.98 Å². The van der Waals surface area contributed by atoms with Crippen molar-refractivity contribution in [1.29, 1.82) is 0 Å². The number of hydrogen-bond donors (Lipinski definition) is 0. The van der Waals surface area contributed by atoms with Crippen LogP contribution in [-0.4, -0.2) is 4.98 Å². The molecule has 2 aromatic heterocycles. The lowest BCUT2D eigenvalue weighted by molar-refractivity contribution is 0.302. The summed E-state index contributed by atoms with van der Waals surface area (Å²) < 4.78 is 11.8. The van der Waals surface area contributed by atoms with Crippen molar-refractivity contribution in [2.24, 2.45) is 0 Å². The second-order valence-electron chi connectivity index (χ2n) is 6.78. The normalized spacial score (nSPS) is 10.7. The molecule has 5 rings (SSSR count). The van der Waals surface area contributed by atoms with Crippen LogP contribution in [0.2, 0.25) is 0 Å². The van der Waals surface area contributed by atoms with E-state index in [1.165, 1.54) is 6.07 Å². The summed E-state index contributed by atoms with van der Waals surface area (Å²) in [4.78, 5) is 16.9. The van der Waals surface area contributed by atoms with Crippen LogP contribution in [0, 0.1) is 0 Å². The first-order chi connectivity index (χ1) is 14.3. The van der Waals surface area contributed by atoms with E-state index in [9.17, 15) is 4.79 Å². The molecule has 0 aliphatic heterocycles. The number of para-hydroxylation sites is 2. The van der Waals surface area contributed by atoms with Crippen molar-refractivity contribution in [3.63, 3.8) is 0 Å². The van der Waals surface area contributed by atoms with E-state index in [-0.39, 0.29) is 17.8 Å². The zero-order valence-corrected chi connectivity index (χ0v) is 16.8. The fourth-order valence-corrected chi connectivity index (χ4v) is 3.31. The van der Waals surface area contributed by atoms with Gasteiger partial charge in [0.15, 0.2) is 5.43 Å². The Morgan fingerprint density at radius 3 is 2.47 bits per heavy atom. The second-order valence-corrected chi connectivity index (χ2v) is 6.78. The van der Waals surface area contributed by atoms with Crippen molar-refractivity contribution in [1.82, 2.24) is 4.98 Å². The fourth-order valence-electron chi connectivity index (χ4n) is 3.31. The summed E-state index contributed by atoms with van der Waals surface area (Å²) in [5.41, 5.74) is 3.18. The topological polar surface area (TPSA) is 52.3 Å². The monoisotopic (exact) mass is 415 g/mol. The van der Waals surface area contributed by atoms with Crippen LogP contribution in [-0.2, 0) is 6.61 Å². The predicted octanol–water partition coefficient (Wildman–Crippen LogP) is 6.01. The lowest BCUT2D eigenvalue weighted by Gasteiger charge is -2.08. The van der Waals surface area contributed by atoms with E-state index in [4.69, 9.17) is 9.15 Å². The Morgan fingerprint density at radius 2 is 1.60 bits per heavy atom. The molecule has 0 saturated heterocycles. The molecule has 0 aliphatic rings. The molecule has 0 atom stereocenters. The Hall–Kier alpha value is -3.63. The van der Waals surface area contributed by atoms with Gasteiger partial charge < -0.3 is 9.15 Å². The third-order valence-corrected chi connectivity index (χ3v) is 4.82. The van der Waals surface area contributed by atoms with Crippen LogP contribution in [0.25, 0.3) is 33.2 Å². The van der Waals surface area contributed by atoms with Crippen LogP contribution in [0.3, 0.4) is 0 Å². The SMILES string of the molecule is Cl.O=c1cc(-c2ccc(OCc3ccc4ccccc4n3)cc2)oc2ccccc12. The molecule has 5 heteroatoms. The number of nitrogens with zero attached hydrogens (tertiary/aromatic N) is 1. The van der Waals surface area contributed by atoms with Gasteiger partial charge in [-0.2, -0.15) is 0 Å². The molecule has 2 heterocycles. The largest absolute Gasteiger partial charge is 0.487 e. The van der Waals surface area contributed by atoms with Crippen molar-refractivity contribution in [3.05, 3.63) is 107 Å². The quantitative estimate of drug-likeness (QED) is 0.360. The highest BCUT2D eigenvalue weighted by Crippen LogP contribution is 2.24. The molecule has 30 heavy (non-hydrogen) atoms. The molecule has 0 bridgehead atoms. The summed E-state index contributed by atoms with van der Waals surface area (Å²) >= 11 is 0. The van der Waals surface area contributed by atoms with Crippen molar-refractivity contribution >= 4 is 34.3 Å². The van der Waals surface area contributed by atoms with Gasteiger partial charge in [0.25, 0.3) is 0 Å². The average Bonchev–Trinajstić information content (AvgIpc) is 2.78. The summed E-state index contributed by atoms with van der Waals surface area (Å²) in [6.45, 7) is 0.384. The van der Waals surface area contributed by atoms with Crippen molar-refractivity contribution in [2.75, 3.05) is 0 Å². The molecule has 0 aliphatic carbocycles. The maximum atomic E-state index is 12.3. The highest BCUT2D eigenvalue weighted by atomic mass is 35.5. The van der Waals surface area contributed by atoms with Crippen molar-refractivity contribution in [3.8, 4) is 17.1 Å². The van der Waals surface area contributed by atoms with Crippen molar-refractivity contribution in [2.45, 2.75) is 6.61 Å². The third-order valence-electron chi connectivity index (χ3n) is 4.82. The maximum absolute atomic E-state index is 12.3. The maximum Gasteiger partial charge on any atom is 0.193 e. The Balaban J connectivity index is 0.00000218. The standard InChI is InChI=1S/C25H17NO3.ClH/c27-23-15-25(29-24-8-4-2-6-21(23)24)18-10-13-20(14-11-18)28-16-19-12-9-17-5-1-3-7-22(17)26-19;/h1-15H,16H2;1H. The molecule has 0 fully saturated rings. The Morgan fingerprint density at radius 1 is 0.833 bits per heavy atom. The van der Waals surface area contributed by atoms with Gasteiger partial charge in [0.1, 0.15) is 23.7 Å². The summed E-state index contributed by atoms with van der Waals surface area (Å²) in [6, 6.07) is 28.3. The van der Waals surface area contributed by atoms with Gasteiger partial charge in [-0.3, -0.25) is 4.79 Å². The molecule has 0 N–H and O–H groups in total. The van der Waals surface area contributed by atoms with Gasteiger partial charge in [0.2, 0.25) is 0 Å². The van der Waals surface area contributed by atoms with Gasteiger partial charge in [0, 0.05) is 17.0 Å². The number of halogens is 1. The molecule has 5 aromatic rings. The van der Waals surface area contributed by atoms with Crippen LogP contribution < -0.4 is 10.2 Å². The van der Waals surface area contributed by atoms with E-state index in [0.29, 0.717) is 23.3 Å². The number of ether oxygens (including phenoxy) is 1. The minimum atomic E-state index is -0.0513. The molecule has 0 amide bonds. The summed E-state index contributed by atoms with van der Waals surface area (Å²) in [7, 11) is 0. The van der Waals surface area contributed by atoms with E-state index >= 15 is 0 Å². The number of fused-ring (bicyclic) bond motifs is 2. The first-order valence-electron chi connectivity index (χ1n) is 9.37. The molecule has 3 aromatic carbocycles. The van der Waals surface area contributed by atoms with Crippen LogP contribution in [0.15, 0.2) is 100 Å². The average molecular weight is 416 g/mol. The van der Waals surface area contributed by atoms with Gasteiger partial charge in [-0.05, 0) is 48.5 Å². The molecule has 0 spiro atoms. The minimum Gasteiger partial charge on any atom is -0.487 e. The van der Waals surface area contributed by atoms with Crippen molar-refractivity contribution < 1.29 is 9.15 Å². The first-order valence-corrected chi connectivity index (χ1v) is 9.37. The molecule has 0 saturated carbocycles. The number of hydrogen-bond acceptors (Lipinski definition) is 4. The molecule has 0 unspecified atom stereocenters. The van der Waals surface area contributed by atoms with Crippen LogP contribution in [0.1, 0.15) is 5.69 Å². The highest BCUT2D eigenvalue weighted by Gasteiger charge is 2.07. The zero-order chi connectivity index (χ0) is 19.6. The predicted molar refractivity (Wildman–Crippen MR) is 121 cm³/mol. The highest BCUT2D eigenvalue weighted by molar-refractivity contribution is 5.85. The fraction of sp³-hybridized carbons (Fsp3) is 0.0400. The van der Waals surface area contributed by atoms with E-state index in [1.807, 2.05) is 72.8 Å². The Kier molecular flexibility index (Phi) is 5.50. The van der Waals surface area contributed by atoms with Gasteiger partial charge in [0.05, 0.1) is 16.6 Å². The molecule has 148 valence electrons. The van der Waals surface area contributed by atoms with Crippen LogP contribution in [0.5, 0.6) is 5.75 Å². The summed E-state index contributed by atoms with van der Waals surface area (Å²) in [6.07, 6.45) is 0. The van der Waals surface area contributed by atoms with E-state index in [1.54, 1.807) is 12.1 Å². The van der Waals surface area contributed by atoms with E-state index in [0.717, 1.165) is 27.9 Å². The number of pyridine rings is 1. The van der Waals surface area contributed by atoms with Gasteiger partial charge in [-0.15, -0.1) is 12.4 Å². The van der Waals surface area contributed by atoms with Gasteiger partial charge in [-0.1, -0.05) is 36.4 Å². The Labute approximate surface area is 179 Å². The molecular weight excluding hydrogens is 398 g/mol. The second kappa shape index (κ2) is 8.39. The number of benzene rings is 3. The zero-order valence-electron chi connectivity index (χ0n) is 15.9. The van der Waals surface area contributed by atoms with E-state index < -0.39 is 0 Å². The Bertz CT molecular complexity index is 1380. The summed E-state index contributed by atoms with van der Waals surface area (Å²) in [5, 5.41) is 1.69. The number of aromatic nitrogens is 1. The van der Waals surface area contributed by atoms with Gasteiger partial charge >= 0.3 is 0 Å². The first kappa shape index (κ1) is 19.7. The molecule has 4 nitrogen and oxygen atoms in total. The summed E-state index contributed by atoms with van der Waals surface area (Å²) in [5.74, 6) is 1.27. The number of rotatable bonds is 4. The molecular formula is C25H18ClNO3. The van der Waals surface area contributed by atoms with E-state index in [2.05, 4.69) is 4.98 Å².